The van der Waals surface area contributed by atoms with E-state index in [0.29, 0.717) is 11.8 Å². The summed E-state index contributed by atoms with van der Waals surface area (Å²) in [6.45, 7) is 4.72. The lowest BCUT2D eigenvalue weighted by atomic mass is 9.68. The van der Waals surface area contributed by atoms with Gasteiger partial charge in [0, 0.05) is 5.56 Å². The van der Waals surface area contributed by atoms with Crippen molar-refractivity contribution in [1.82, 2.24) is 0 Å². The molecule has 0 saturated heterocycles. The van der Waals surface area contributed by atoms with Crippen LogP contribution < -0.4 is 0 Å². The first-order valence-electron chi connectivity index (χ1n) is 14.5. The highest BCUT2D eigenvalue weighted by Crippen LogP contribution is 2.44. The summed E-state index contributed by atoms with van der Waals surface area (Å²) < 4.78 is 15.1. The Kier molecular flexibility index (Phi) is 7.77. The van der Waals surface area contributed by atoms with Crippen molar-refractivity contribution in [2.75, 3.05) is 0 Å². The third-order valence-electron chi connectivity index (χ3n) is 10.1. The second-order valence-corrected chi connectivity index (χ2v) is 12.1. The predicted octanol–water partition coefficient (Wildman–Crippen LogP) is 10.3. The molecule has 0 bridgehead atoms. The normalized spacial score (nSPS) is 32.4. The zero-order chi connectivity index (χ0) is 23.5. The number of benzene rings is 2. The van der Waals surface area contributed by atoms with Gasteiger partial charge in [-0.15, -0.1) is 0 Å². The van der Waals surface area contributed by atoms with Gasteiger partial charge in [-0.2, -0.15) is 0 Å². The number of hydrogen-bond acceptors (Lipinski definition) is 0. The maximum absolute atomic E-state index is 15.1. The lowest BCUT2D eigenvalue weighted by Crippen LogP contribution is -2.24. The van der Waals surface area contributed by atoms with Crippen molar-refractivity contribution in [1.29, 1.82) is 0 Å². The van der Waals surface area contributed by atoms with Crippen molar-refractivity contribution in [3.8, 4) is 11.1 Å². The first-order chi connectivity index (χ1) is 16.6. The zero-order valence-corrected chi connectivity index (χ0v) is 21.6. The molecule has 184 valence electrons. The van der Waals surface area contributed by atoms with Gasteiger partial charge in [-0.3, -0.25) is 0 Å². The molecule has 2 aromatic carbocycles. The molecule has 34 heavy (non-hydrogen) atoms. The van der Waals surface area contributed by atoms with E-state index in [1.54, 1.807) is 0 Å². The summed E-state index contributed by atoms with van der Waals surface area (Å²) in [5, 5.41) is 0. The average molecular weight is 461 g/mol. The molecule has 3 fully saturated rings. The van der Waals surface area contributed by atoms with Gasteiger partial charge in [0.1, 0.15) is 5.82 Å². The van der Waals surface area contributed by atoms with Gasteiger partial charge in [0.25, 0.3) is 0 Å². The second kappa shape index (κ2) is 11.0. The molecule has 0 heterocycles. The molecule has 3 aliphatic rings. The maximum atomic E-state index is 15.1. The van der Waals surface area contributed by atoms with Gasteiger partial charge in [-0.05, 0) is 122 Å². The van der Waals surface area contributed by atoms with Gasteiger partial charge in [0.05, 0.1) is 0 Å². The van der Waals surface area contributed by atoms with Crippen LogP contribution in [0, 0.1) is 29.5 Å². The van der Waals surface area contributed by atoms with Crippen LogP contribution in [0.25, 0.3) is 11.1 Å². The van der Waals surface area contributed by atoms with Crippen molar-refractivity contribution >= 4 is 0 Å². The van der Waals surface area contributed by atoms with E-state index in [9.17, 15) is 0 Å². The standard InChI is InChI=1S/C33H45F/c1-3-24-6-10-29(11-7-24)31-20-21-32(33(34)22-31)30-18-16-28(17-19-30)27-14-12-26(13-15-27)25-8-4-23(2)5-9-25/h16-27,29H,3-15H2,1-2H3. The molecule has 0 aliphatic heterocycles. The molecule has 3 aliphatic carbocycles. The third-order valence-corrected chi connectivity index (χ3v) is 10.1. The van der Waals surface area contributed by atoms with Crippen LogP contribution >= 0.6 is 0 Å². The van der Waals surface area contributed by atoms with Crippen LogP contribution in [0.5, 0.6) is 0 Å². The summed E-state index contributed by atoms with van der Waals surface area (Å²) in [4.78, 5) is 0. The molecule has 0 unspecified atom stereocenters. The molecule has 0 amide bonds. The Morgan fingerprint density at radius 2 is 1.18 bits per heavy atom. The number of rotatable bonds is 5. The summed E-state index contributed by atoms with van der Waals surface area (Å²) in [5.74, 6) is 4.97. The van der Waals surface area contributed by atoms with Crippen molar-refractivity contribution in [2.45, 2.75) is 109 Å². The first-order valence-corrected chi connectivity index (χ1v) is 14.5. The van der Waals surface area contributed by atoms with E-state index in [4.69, 9.17) is 0 Å². The Morgan fingerprint density at radius 3 is 1.76 bits per heavy atom. The van der Waals surface area contributed by atoms with E-state index >= 15 is 4.39 Å². The van der Waals surface area contributed by atoms with E-state index in [2.05, 4.69) is 44.2 Å². The van der Waals surface area contributed by atoms with Crippen molar-refractivity contribution in [2.24, 2.45) is 23.7 Å². The molecule has 0 aromatic heterocycles. The Morgan fingerprint density at radius 1 is 0.647 bits per heavy atom. The molecule has 0 atom stereocenters. The van der Waals surface area contributed by atoms with Crippen LogP contribution in [0.1, 0.15) is 120 Å². The summed E-state index contributed by atoms with van der Waals surface area (Å²) in [6.07, 6.45) is 17.6. The van der Waals surface area contributed by atoms with Crippen LogP contribution in [0.4, 0.5) is 4.39 Å². The van der Waals surface area contributed by atoms with Crippen molar-refractivity contribution in [3.63, 3.8) is 0 Å². The Bertz CT molecular complexity index is 904. The lowest BCUT2D eigenvalue weighted by Gasteiger charge is -2.37. The van der Waals surface area contributed by atoms with E-state index in [0.717, 1.165) is 34.8 Å². The molecule has 5 rings (SSSR count). The molecule has 0 radical (unpaired) electrons. The van der Waals surface area contributed by atoms with Gasteiger partial charge in [0.15, 0.2) is 0 Å². The molecule has 0 nitrogen and oxygen atoms in total. The van der Waals surface area contributed by atoms with E-state index in [1.165, 1.54) is 94.6 Å². The van der Waals surface area contributed by atoms with Gasteiger partial charge in [0.2, 0.25) is 0 Å². The fourth-order valence-electron chi connectivity index (χ4n) is 7.54. The third kappa shape index (κ3) is 5.44. The molecular weight excluding hydrogens is 415 g/mol. The molecule has 1 heteroatoms. The summed E-state index contributed by atoms with van der Waals surface area (Å²) in [5.41, 5.74) is 4.45. The highest BCUT2D eigenvalue weighted by molar-refractivity contribution is 5.65. The number of halogens is 1. The van der Waals surface area contributed by atoms with Crippen molar-refractivity contribution in [3.05, 3.63) is 59.4 Å². The Hall–Kier alpha value is -1.63. The molecule has 2 aromatic rings. The fourth-order valence-corrected chi connectivity index (χ4v) is 7.54. The largest absolute Gasteiger partial charge is 0.206 e. The molecule has 3 saturated carbocycles. The smallest absolute Gasteiger partial charge is 0.131 e. The minimum atomic E-state index is -0.0508. The highest BCUT2D eigenvalue weighted by Gasteiger charge is 2.30. The highest BCUT2D eigenvalue weighted by atomic mass is 19.1. The second-order valence-electron chi connectivity index (χ2n) is 12.1. The monoisotopic (exact) mass is 460 g/mol. The quantitative estimate of drug-likeness (QED) is 0.416. The van der Waals surface area contributed by atoms with Crippen LogP contribution in [0.2, 0.25) is 0 Å². The van der Waals surface area contributed by atoms with Gasteiger partial charge < -0.3 is 0 Å². The Labute approximate surface area is 207 Å². The molecule has 0 spiro atoms. The lowest BCUT2D eigenvalue weighted by molar-refractivity contribution is 0.165. The first kappa shape index (κ1) is 24.1. The van der Waals surface area contributed by atoms with Crippen LogP contribution in [0.3, 0.4) is 0 Å². The Balaban J connectivity index is 1.18. The van der Waals surface area contributed by atoms with Crippen LogP contribution in [-0.4, -0.2) is 0 Å². The van der Waals surface area contributed by atoms with Crippen LogP contribution in [-0.2, 0) is 0 Å². The van der Waals surface area contributed by atoms with Gasteiger partial charge in [-0.25, -0.2) is 4.39 Å². The number of hydrogen-bond donors (Lipinski definition) is 0. The van der Waals surface area contributed by atoms with Crippen LogP contribution in [0.15, 0.2) is 42.5 Å². The fraction of sp³-hybridized carbons (Fsp3) is 0.636. The van der Waals surface area contributed by atoms with E-state index in [1.807, 2.05) is 12.1 Å². The summed E-state index contributed by atoms with van der Waals surface area (Å²) >= 11 is 0. The predicted molar refractivity (Wildman–Crippen MR) is 143 cm³/mol. The minimum Gasteiger partial charge on any atom is -0.206 e. The summed E-state index contributed by atoms with van der Waals surface area (Å²) in [7, 11) is 0. The topological polar surface area (TPSA) is 0 Å². The van der Waals surface area contributed by atoms with Gasteiger partial charge >= 0.3 is 0 Å². The van der Waals surface area contributed by atoms with Crippen molar-refractivity contribution < 1.29 is 4.39 Å². The van der Waals surface area contributed by atoms with E-state index < -0.39 is 0 Å². The SMILES string of the molecule is CCC1CCC(c2ccc(-c3ccc(C4CCC(C5CCC(C)CC5)CC4)cc3)c(F)c2)CC1. The molecule has 0 N–H and O–H groups in total. The summed E-state index contributed by atoms with van der Waals surface area (Å²) in [6, 6.07) is 14.9. The molecular formula is C33H45F. The maximum Gasteiger partial charge on any atom is 0.131 e. The van der Waals surface area contributed by atoms with E-state index in [-0.39, 0.29) is 5.82 Å². The average Bonchev–Trinajstić information content (AvgIpc) is 2.89. The van der Waals surface area contributed by atoms with Gasteiger partial charge in [-0.1, -0.05) is 69.5 Å². The minimum absolute atomic E-state index is 0.0508. The zero-order valence-electron chi connectivity index (χ0n) is 21.6.